The number of halogens is 3. The van der Waals surface area contributed by atoms with Gasteiger partial charge < -0.3 is 5.32 Å². The summed E-state index contributed by atoms with van der Waals surface area (Å²) in [6.07, 6.45) is 0. The van der Waals surface area contributed by atoms with E-state index in [0.717, 1.165) is 8.66 Å². The van der Waals surface area contributed by atoms with Crippen LogP contribution in [0, 0.1) is 5.82 Å². The molecule has 2 aromatic rings. The van der Waals surface area contributed by atoms with Crippen molar-refractivity contribution < 1.29 is 4.39 Å². The highest BCUT2D eigenvalue weighted by molar-refractivity contribution is 9.11. The van der Waals surface area contributed by atoms with Crippen molar-refractivity contribution in [1.82, 2.24) is 5.32 Å². The number of nitrogens with one attached hydrogen (secondary N) is 1. The summed E-state index contributed by atoms with van der Waals surface area (Å²) in [5.41, 5.74) is 0.492. The molecule has 1 unspecified atom stereocenters. The van der Waals surface area contributed by atoms with Gasteiger partial charge in [0.05, 0.1) is 9.83 Å². The molecule has 90 valence electrons. The molecule has 0 radical (unpaired) electrons. The van der Waals surface area contributed by atoms with Crippen molar-refractivity contribution in [2.45, 2.75) is 6.04 Å². The molecule has 1 heterocycles. The maximum absolute atomic E-state index is 13.8. The van der Waals surface area contributed by atoms with E-state index in [0.29, 0.717) is 10.6 Å². The second-order valence-electron chi connectivity index (χ2n) is 3.50. The van der Waals surface area contributed by atoms with Gasteiger partial charge in [0.1, 0.15) is 5.82 Å². The average Bonchev–Trinajstić information content (AvgIpc) is 2.70. The molecule has 0 amide bonds. The van der Waals surface area contributed by atoms with Crippen LogP contribution in [-0.4, -0.2) is 7.05 Å². The number of hydrogen-bond donors (Lipinski definition) is 1. The first-order valence-corrected chi connectivity index (χ1v) is 6.98. The van der Waals surface area contributed by atoms with Gasteiger partial charge in [0, 0.05) is 15.5 Å². The average molecular weight is 335 g/mol. The van der Waals surface area contributed by atoms with Crippen LogP contribution in [0.15, 0.2) is 34.1 Å². The maximum Gasteiger partial charge on any atom is 0.129 e. The number of rotatable bonds is 3. The summed E-state index contributed by atoms with van der Waals surface area (Å²) in [5, 5.41) is 3.53. The summed E-state index contributed by atoms with van der Waals surface area (Å²) < 4.78 is 14.9. The molecule has 2 rings (SSSR count). The molecule has 0 bridgehead atoms. The Bertz CT molecular complexity index is 509. The van der Waals surface area contributed by atoms with Gasteiger partial charge in [-0.3, -0.25) is 0 Å². The summed E-state index contributed by atoms with van der Waals surface area (Å²) >= 11 is 11.0. The third-order valence-corrected chi connectivity index (χ3v) is 4.47. The van der Waals surface area contributed by atoms with Crippen molar-refractivity contribution in [3.05, 3.63) is 55.4 Å². The van der Waals surface area contributed by atoms with Gasteiger partial charge in [0.2, 0.25) is 0 Å². The summed E-state index contributed by atoms with van der Waals surface area (Å²) in [6, 6.07) is 8.41. The third kappa shape index (κ3) is 2.71. The topological polar surface area (TPSA) is 12.0 Å². The highest BCUT2D eigenvalue weighted by atomic mass is 79.9. The lowest BCUT2D eigenvalue weighted by Gasteiger charge is -2.17. The molecule has 1 atom stereocenters. The quantitative estimate of drug-likeness (QED) is 0.864. The number of benzene rings is 1. The van der Waals surface area contributed by atoms with E-state index in [1.165, 1.54) is 6.07 Å². The predicted octanol–water partition coefficient (Wildman–Crippen LogP) is 4.61. The smallest absolute Gasteiger partial charge is 0.129 e. The summed E-state index contributed by atoms with van der Waals surface area (Å²) in [6.45, 7) is 0. The largest absolute Gasteiger partial charge is 0.309 e. The highest BCUT2D eigenvalue weighted by Crippen LogP contribution is 2.35. The molecule has 1 nitrogen and oxygen atoms in total. The van der Waals surface area contributed by atoms with Gasteiger partial charge in [-0.1, -0.05) is 17.7 Å². The van der Waals surface area contributed by atoms with E-state index < -0.39 is 0 Å². The van der Waals surface area contributed by atoms with Crippen LogP contribution < -0.4 is 5.32 Å². The molecular weight excluding hydrogens is 325 g/mol. The van der Waals surface area contributed by atoms with E-state index in [4.69, 9.17) is 11.6 Å². The Kier molecular flexibility index (Phi) is 4.20. The zero-order valence-electron chi connectivity index (χ0n) is 9.01. The van der Waals surface area contributed by atoms with Crippen LogP contribution in [0.5, 0.6) is 0 Å². The molecule has 0 saturated carbocycles. The Hall–Kier alpha value is -0.420. The van der Waals surface area contributed by atoms with Crippen LogP contribution in [0.25, 0.3) is 0 Å². The SMILES string of the molecule is CNC(c1ccc(Br)s1)c1c(F)cccc1Cl. The first-order valence-electron chi connectivity index (χ1n) is 5.00. The summed E-state index contributed by atoms with van der Waals surface area (Å²) in [7, 11) is 1.79. The molecule has 0 fully saturated rings. The normalized spacial score (nSPS) is 12.7. The van der Waals surface area contributed by atoms with Crippen molar-refractivity contribution in [1.29, 1.82) is 0 Å². The lowest BCUT2D eigenvalue weighted by molar-refractivity contribution is 0.579. The van der Waals surface area contributed by atoms with Crippen LogP contribution in [0.3, 0.4) is 0 Å². The van der Waals surface area contributed by atoms with Gasteiger partial charge in [-0.15, -0.1) is 11.3 Å². The molecule has 0 spiro atoms. The predicted molar refractivity (Wildman–Crippen MR) is 74.3 cm³/mol. The molecule has 0 aliphatic carbocycles. The van der Waals surface area contributed by atoms with E-state index in [1.807, 2.05) is 12.1 Å². The molecule has 1 aromatic carbocycles. The fraction of sp³-hybridized carbons (Fsp3) is 0.167. The molecular formula is C12H10BrClFNS. The Morgan fingerprint density at radius 3 is 2.65 bits per heavy atom. The summed E-state index contributed by atoms with van der Waals surface area (Å²) in [5.74, 6) is -0.290. The first kappa shape index (κ1) is 13.0. The van der Waals surface area contributed by atoms with E-state index in [9.17, 15) is 4.39 Å². The van der Waals surface area contributed by atoms with E-state index in [1.54, 1.807) is 30.5 Å². The van der Waals surface area contributed by atoms with Gasteiger partial charge in [-0.25, -0.2) is 4.39 Å². The molecule has 5 heteroatoms. The Morgan fingerprint density at radius 1 is 1.35 bits per heavy atom. The number of thiophene rings is 1. The minimum atomic E-state index is -0.290. The molecule has 1 aromatic heterocycles. The van der Waals surface area contributed by atoms with Crippen LogP contribution in [0.4, 0.5) is 4.39 Å². The first-order chi connectivity index (χ1) is 8.13. The zero-order chi connectivity index (χ0) is 12.4. The van der Waals surface area contributed by atoms with Crippen molar-refractivity contribution >= 4 is 38.9 Å². The van der Waals surface area contributed by atoms with Crippen molar-refractivity contribution in [3.8, 4) is 0 Å². The Labute approximate surface area is 117 Å². The van der Waals surface area contributed by atoms with E-state index in [2.05, 4.69) is 21.2 Å². The minimum absolute atomic E-state index is 0.222. The fourth-order valence-corrected chi connectivity index (χ4v) is 3.51. The van der Waals surface area contributed by atoms with Gasteiger partial charge >= 0.3 is 0 Å². The van der Waals surface area contributed by atoms with Gasteiger partial charge in [0.15, 0.2) is 0 Å². The van der Waals surface area contributed by atoms with Crippen LogP contribution in [0.1, 0.15) is 16.5 Å². The highest BCUT2D eigenvalue weighted by Gasteiger charge is 2.20. The van der Waals surface area contributed by atoms with Crippen molar-refractivity contribution in [3.63, 3.8) is 0 Å². The molecule has 0 aliphatic rings. The lowest BCUT2D eigenvalue weighted by atomic mass is 10.0. The molecule has 1 N–H and O–H groups in total. The zero-order valence-corrected chi connectivity index (χ0v) is 12.2. The molecule has 17 heavy (non-hydrogen) atoms. The van der Waals surface area contributed by atoms with E-state index >= 15 is 0 Å². The van der Waals surface area contributed by atoms with Crippen LogP contribution in [0.2, 0.25) is 5.02 Å². The Morgan fingerprint density at radius 2 is 2.12 bits per heavy atom. The lowest BCUT2D eigenvalue weighted by Crippen LogP contribution is -2.18. The van der Waals surface area contributed by atoms with Crippen molar-refractivity contribution in [2.75, 3.05) is 7.05 Å². The van der Waals surface area contributed by atoms with Gasteiger partial charge in [0.25, 0.3) is 0 Å². The third-order valence-electron chi connectivity index (χ3n) is 2.46. The standard InChI is InChI=1S/C12H10BrClFNS/c1-16-12(9-5-6-10(13)17-9)11-7(14)3-2-4-8(11)15/h2-6,12,16H,1H3. The monoisotopic (exact) mass is 333 g/mol. The van der Waals surface area contributed by atoms with Crippen molar-refractivity contribution in [2.24, 2.45) is 0 Å². The van der Waals surface area contributed by atoms with E-state index in [-0.39, 0.29) is 11.9 Å². The van der Waals surface area contributed by atoms with Gasteiger partial charge in [-0.05, 0) is 47.2 Å². The summed E-state index contributed by atoms with van der Waals surface area (Å²) in [4.78, 5) is 1.02. The molecule has 0 saturated heterocycles. The van der Waals surface area contributed by atoms with Crippen LogP contribution in [-0.2, 0) is 0 Å². The maximum atomic E-state index is 13.8. The van der Waals surface area contributed by atoms with Gasteiger partial charge in [-0.2, -0.15) is 0 Å². The second-order valence-corrected chi connectivity index (χ2v) is 6.40. The Balaban J connectivity index is 2.49. The second kappa shape index (κ2) is 5.48. The number of hydrogen-bond acceptors (Lipinski definition) is 2. The minimum Gasteiger partial charge on any atom is -0.309 e. The molecule has 0 aliphatic heterocycles. The fourth-order valence-electron chi connectivity index (χ4n) is 1.70. The van der Waals surface area contributed by atoms with Crippen LogP contribution >= 0.6 is 38.9 Å².